The van der Waals surface area contributed by atoms with E-state index < -0.39 is 0 Å². The molecule has 0 atom stereocenters. The van der Waals surface area contributed by atoms with Gasteiger partial charge in [-0.05, 0) is 58.4 Å². The van der Waals surface area contributed by atoms with Crippen molar-refractivity contribution in [1.82, 2.24) is 15.1 Å². The molecule has 0 radical (unpaired) electrons. The van der Waals surface area contributed by atoms with E-state index in [1.165, 1.54) is 5.69 Å². The molecule has 1 aliphatic carbocycles. The Bertz CT molecular complexity index is 831. The van der Waals surface area contributed by atoms with Gasteiger partial charge in [-0.3, -0.25) is 9.89 Å². The van der Waals surface area contributed by atoms with E-state index in [9.17, 15) is 4.79 Å². The van der Waals surface area contributed by atoms with Crippen LogP contribution in [-0.4, -0.2) is 53.4 Å². The van der Waals surface area contributed by atoms with Crippen molar-refractivity contribution in [1.29, 1.82) is 0 Å². The summed E-state index contributed by atoms with van der Waals surface area (Å²) >= 11 is 0. The molecule has 6 nitrogen and oxygen atoms in total. The number of likely N-dealkylation sites (tertiary alicyclic amines) is 1. The van der Waals surface area contributed by atoms with Crippen LogP contribution in [0.5, 0.6) is 5.75 Å². The Kier molecular flexibility index (Phi) is 6.09. The molecule has 1 N–H and O–H groups in total. The first-order chi connectivity index (χ1) is 14.1. The molecule has 4 rings (SSSR count). The lowest BCUT2D eigenvalue weighted by Gasteiger charge is -2.36. The Morgan fingerprint density at radius 1 is 1.14 bits per heavy atom. The number of rotatable bonds is 5. The highest BCUT2D eigenvalue weighted by atomic mass is 16.5. The largest absolute Gasteiger partial charge is 0.489 e. The number of carbonyl (C=O) groups is 1. The normalized spacial score (nSPS) is 23.7. The molecule has 1 aromatic carbocycles. The summed E-state index contributed by atoms with van der Waals surface area (Å²) in [5, 5.41) is 8.96. The minimum atomic E-state index is 0.119. The van der Waals surface area contributed by atoms with Gasteiger partial charge in [-0.25, -0.2) is 0 Å². The highest BCUT2D eigenvalue weighted by Gasteiger charge is 2.32. The van der Waals surface area contributed by atoms with Crippen LogP contribution in [0.2, 0.25) is 0 Å². The quantitative estimate of drug-likeness (QED) is 0.816. The summed E-state index contributed by atoms with van der Waals surface area (Å²) < 4.78 is 11.4. The van der Waals surface area contributed by atoms with Crippen molar-refractivity contribution in [3.05, 3.63) is 23.9 Å². The fourth-order valence-corrected chi connectivity index (χ4v) is 4.88. The third-order valence-corrected chi connectivity index (χ3v) is 6.51. The SMILES string of the molecule is COC1CCC(C(=O)N2CCC(c3[nH]nc4c(OC(C)C)cccc34)CC2)CC1. The van der Waals surface area contributed by atoms with Gasteiger partial charge in [0.2, 0.25) is 5.91 Å². The van der Waals surface area contributed by atoms with E-state index in [4.69, 9.17) is 9.47 Å². The van der Waals surface area contributed by atoms with Crippen molar-refractivity contribution in [2.24, 2.45) is 5.92 Å². The minimum Gasteiger partial charge on any atom is -0.489 e. The molecule has 2 aliphatic rings. The Labute approximate surface area is 172 Å². The van der Waals surface area contributed by atoms with E-state index >= 15 is 0 Å². The summed E-state index contributed by atoms with van der Waals surface area (Å²) in [7, 11) is 1.77. The number of aromatic nitrogens is 2. The lowest BCUT2D eigenvalue weighted by atomic mass is 9.85. The predicted octanol–water partition coefficient (Wildman–Crippen LogP) is 4.26. The van der Waals surface area contributed by atoms with E-state index in [0.29, 0.717) is 17.9 Å². The van der Waals surface area contributed by atoms with Crippen molar-refractivity contribution in [3.8, 4) is 5.75 Å². The number of ether oxygens (including phenoxy) is 2. The Hall–Kier alpha value is -2.08. The molecule has 2 aromatic rings. The van der Waals surface area contributed by atoms with Gasteiger partial charge in [0.15, 0.2) is 0 Å². The zero-order valence-corrected chi connectivity index (χ0v) is 17.8. The third-order valence-electron chi connectivity index (χ3n) is 6.51. The highest BCUT2D eigenvalue weighted by Crippen LogP contribution is 2.36. The first kappa shape index (κ1) is 20.2. The standard InChI is InChI=1S/C23H33N3O3/c1-15(2)29-20-6-4-5-19-21(24-25-22(19)20)16-11-13-26(14-12-16)23(27)17-7-9-18(28-3)10-8-17/h4-6,15-18H,7-14H2,1-3H3,(H,24,25). The van der Waals surface area contributed by atoms with Crippen LogP contribution in [0.15, 0.2) is 18.2 Å². The van der Waals surface area contributed by atoms with E-state index in [1.54, 1.807) is 7.11 Å². The van der Waals surface area contributed by atoms with Crippen LogP contribution in [0, 0.1) is 5.92 Å². The lowest BCUT2D eigenvalue weighted by Crippen LogP contribution is -2.42. The van der Waals surface area contributed by atoms with E-state index in [-0.39, 0.29) is 12.0 Å². The molecular formula is C23H33N3O3. The van der Waals surface area contributed by atoms with Crippen LogP contribution < -0.4 is 4.74 Å². The molecule has 158 valence electrons. The van der Waals surface area contributed by atoms with Crippen LogP contribution in [0.25, 0.3) is 10.9 Å². The summed E-state index contributed by atoms with van der Waals surface area (Å²) in [4.78, 5) is 15.0. The topological polar surface area (TPSA) is 67.5 Å². The van der Waals surface area contributed by atoms with E-state index in [0.717, 1.165) is 68.3 Å². The van der Waals surface area contributed by atoms with Gasteiger partial charge in [0.05, 0.1) is 12.2 Å². The van der Waals surface area contributed by atoms with Crippen molar-refractivity contribution >= 4 is 16.8 Å². The Morgan fingerprint density at radius 2 is 1.86 bits per heavy atom. The number of nitrogens with one attached hydrogen (secondary N) is 1. The van der Waals surface area contributed by atoms with Crippen molar-refractivity contribution in [3.63, 3.8) is 0 Å². The van der Waals surface area contributed by atoms with Gasteiger partial charge in [-0.1, -0.05) is 12.1 Å². The second kappa shape index (κ2) is 8.74. The number of carbonyl (C=O) groups excluding carboxylic acids is 1. The second-order valence-electron chi connectivity index (χ2n) is 8.77. The number of amides is 1. The minimum absolute atomic E-state index is 0.119. The van der Waals surface area contributed by atoms with Gasteiger partial charge in [-0.15, -0.1) is 0 Å². The van der Waals surface area contributed by atoms with Gasteiger partial charge in [0, 0.05) is 43.1 Å². The molecule has 0 unspecified atom stereocenters. The van der Waals surface area contributed by atoms with Crippen molar-refractivity contribution < 1.29 is 14.3 Å². The molecule has 1 aliphatic heterocycles. The van der Waals surface area contributed by atoms with Crippen molar-refractivity contribution in [2.75, 3.05) is 20.2 Å². The summed E-state index contributed by atoms with van der Waals surface area (Å²) in [6.45, 7) is 5.72. The Morgan fingerprint density at radius 3 is 2.52 bits per heavy atom. The first-order valence-electron chi connectivity index (χ1n) is 11.0. The van der Waals surface area contributed by atoms with Crippen LogP contribution in [0.3, 0.4) is 0 Å². The molecular weight excluding hydrogens is 366 g/mol. The number of hydrogen-bond donors (Lipinski definition) is 1. The molecule has 1 amide bonds. The fourth-order valence-electron chi connectivity index (χ4n) is 4.88. The number of fused-ring (bicyclic) bond motifs is 1. The number of benzene rings is 1. The van der Waals surface area contributed by atoms with Crippen LogP contribution in [-0.2, 0) is 9.53 Å². The number of methoxy groups -OCH3 is 1. The van der Waals surface area contributed by atoms with Gasteiger partial charge in [0.1, 0.15) is 11.3 Å². The smallest absolute Gasteiger partial charge is 0.225 e. The number of aromatic amines is 1. The lowest BCUT2D eigenvalue weighted by molar-refractivity contribution is -0.138. The number of hydrogen-bond acceptors (Lipinski definition) is 4. The molecule has 1 aromatic heterocycles. The maximum atomic E-state index is 12.9. The summed E-state index contributed by atoms with van der Waals surface area (Å²) in [5.74, 6) is 1.77. The molecule has 6 heteroatoms. The van der Waals surface area contributed by atoms with Crippen LogP contribution in [0.1, 0.15) is 64.0 Å². The third kappa shape index (κ3) is 4.27. The zero-order chi connectivity index (χ0) is 20.4. The number of nitrogens with zero attached hydrogens (tertiary/aromatic N) is 2. The van der Waals surface area contributed by atoms with E-state index in [2.05, 4.69) is 21.2 Å². The van der Waals surface area contributed by atoms with Crippen LogP contribution >= 0.6 is 0 Å². The summed E-state index contributed by atoms with van der Waals surface area (Å²) in [6, 6.07) is 6.13. The van der Waals surface area contributed by atoms with Gasteiger partial charge >= 0.3 is 0 Å². The Balaban J connectivity index is 1.39. The van der Waals surface area contributed by atoms with Gasteiger partial charge in [0.25, 0.3) is 0 Å². The highest BCUT2D eigenvalue weighted by molar-refractivity contribution is 5.87. The molecule has 2 heterocycles. The molecule has 1 saturated carbocycles. The molecule has 29 heavy (non-hydrogen) atoms. The average molecular weight is 400 g/mol. The monoisotopic (exact) mass is 399 g/mol. The number of H-pyrrole nitrogens is 1. The van der Waals surface area contributed by atoms with Crippen LogP contribution in [0.4, 0.5) is 0 Å². The summed E-state index contributed by atoms with van der Waals surface area (Å²) in [6.07, 6.45) is 6.34. The van der Waals surface area contributed by atoms with Crippen molar-refractivity contribution in [2.45, 2.75) is 70.5 Å². The fraction of sp³-hybridized carbons (Fsp3) is 0.652. The van der Waals surface area contributed by atoms with E-state index in [1.807, 2.05) is 26.0 Å². The predicted molar refractivity (Wildman–Crippen MR) is 113 cm³/mol. The average Bonchev–Trinajstić information content (AvgIpc) is 3.18. The number of para-hydroxylation sites is 1. The summed E-state index contributed by atoms with van der Waals surface area (Å²) in [5.41, 5.74) is 2.09. The molecule has 0 bridgehead atoms. The zero-order valence-electron chi connectivity index (χ0n) is 17.8. The second-order valence-corrected chi connectivity index (χ2v) is 8.77. The molecule has 2 fully saturated rings. The first-order valence-corrected chi connectivity index (χ1v) is 11.0. The molecule has 1 saturated heterocycles. The van der Waals surface area contributed by atoms with Gasteiger partial charge < -0.3 is 14.4 Å². The number of piperidine rings is 1. The molecule has 0 spiro atoms. The van der Waals surface area contributed by atoms with Gasteiger partial charge in [-0.2, -0.15) is 5.10 Å². The maximum Gasteiger partial charge on any atom is 0.225 e. The maximum absolute atomic E-state index is 12.9.